The molecule has 0 radical (unpaired) electrons. The summed E-state index contributed by atoms with van der Waals surface area (Å²) < 4.78 is 6.05. The van der Waals surface area contributed by atoms with Gasteiger partial charge in [-0.15, -0.1) is 6.58 Å². The molecule has 2 heteroatoms. The highest BCUT2D eigenvalue weighted by molar-refractivity contribution is 4.92. The van der Waals surface area contributed by atoms with Gasteiger partial charge in [-0.05, 0) is 25.7 Å². The zero-order valence-electron chi connectivity index (χ0n) is 9.63. The molecule has 1 saturated heterocycles. The Balaban J connectivity index is 1.87. The van der Waals surface area contributed by atoms with Gasteiger partial charge in [-0.2, -0.15) is 0 Å². The van der Waals surface area contributed by atoms with Gasteiger partial charge in [0.15, 0.2) is 0 Å². The molecule has 0 aromatic carbocycles. The molecule has 1 aliphatic heterocycles. The predicted molar refractivity (Wildman–Crippen MR) is 63.0 cm³/mol. The summed E-state index contributed by atoms with van der Waals surface area (Å²) in [6, 6.07) is 0.648. The normalized spacial score (nSPS) is 30.3. The van der Waals surface area contributed by atoms with Crippen LogP contribution in [0.3, 0.4) is 0 Å². The fourth-order valence-corrected chi connectivity index (χ4v) is 3.00. The zero-order valence-corrected chi connectivity index (χ0v) is 9.63. The third kappa shape index (κ3) is 2.82. The van der Waals surface area contributed by atoms with Gasteiger partial charge in [0.2, 0.25) is 0 Å². The molecule has 1 atom stereocenters. The lowest BCUT2D eigenvalue weighted by molar-refractivity contribution is -0.108. The van der Waals surface area contributed by atoms with Crippen molar-refractivity contribution in [2.24, 2.45) is 0 Å². The second-order valence-electron chi connectivity index (χ2n) is 4.98. The minimum absolute atomic E-state index is 0.231. The molecule has 1 aliphatic carbocycles. The summed E-state index contributed by atoms with van der Waals surface area (Å²) >= 11 is 0. The van der Waals surface area contributed by atoms with Gasteiger partial charge >= 0.3 is 0 Å². The van der Waals surface area contributed by atoms with Gasteiger partial charge in [-0.25, -0.2) is 0 Å². The van der Waals surface area contributed by atoms with E-state index >= 15 is 0 Å². The predicted octanol–water partition coefficient (Wildman–Crippen LogP) is 2.64. The molecule has 1 unspecified atom stereocenters. The summed E-state index contributed by atoms with van der Waals surface area (Å²) in [7, 11) is 0. The molecule has 0 aromatic heterocycles. The standard InChI is InChI=1S/C13H23NO/c1-2-9-14-12-6-10-15-13(11-12)7-4-3-5-8-13/h2,12,14H,1,3-11H2. The van der Waals surface area contributed by atoms with Crippen molar-refractivity contribution in [1.29, 1.82) is 0 Å². The maximum absolute atomic E-state index is 6.05. The van der Waals surface area contributed by atoms with Gasteiger partial charge < -0.3 is 10.1 Å². The van der Waals surface area contributed by atoms with Crippen molar-refractivity contribution < 1.29 is 4.74 Å². The first-order chi connectivity index (χ1) is 7.35. The van der Waals surface area contributed by atoms with Gasteiger partial charge in [-0.3, -0.25) is 0 Å². The molecular formula is C13H23NO. The summed E-state index contributed by atoms with van der Waals surface area (Å²) in [5.74, 6) is 0. The molecule has 0 bridgehead atoms. The summed E-state index contributed by atoms with van der Waals surface area (Å²) in [5, 5.41) is 3.54. The SMILES string of the molecule is C=CCNC1CCOC2(CCCCC2)C1. The van der Waals surface area contributed by atoms with E-state index < -0.39 is 0 Å². The van der Waals surface area contributed by atoms with Crippen LogP contribution in [0.4, 0.5) is 0 Å². The van der Waals surface area contributed by atoms with Gasteiger partial charge in [0.1, 0.15) is 0 Å². The van der Waals surface area contributed by atoms with Gasteiger partial charge in [0.05, 0.1) is 5.60 Å². The van der Waals surface area contributed by atoms with Crippen LogP contribution < -0.4 is 5.32 Å². The summed E-state index contributed by atoms with van der Waals surface area (Å²) in [6.45, 7) is 5.63. The van der Waals surface area contributed by atoms with Crippen LogP contribution in [0.5, 0.6) is 0 Å². The average Bonchev–Trinajstić information content (AvgIpc) is 2.28. The highest BCUT2D eigenvalue weighted by Gasteiger charge is 2.37. The minimum Gasteiger partial charge on any atom is -0.375 e. The van der Waals surface area contributed by atoms with E-state index in [4.69, 9.17) is 4.74 Å². The third-order valence-electron chi connectivity index (χ3n) is 3.81. The molecule has 1 heterocycles. The van der Waals surface area contributed by atoms with Crippen molar-refractivity contribution in [3.8, 4) is 0 Å². The average molecular weight is 209 g/mol. The van der Waals surface area contributed by atoms with Crippen LogP contribution in [0.15, 0.2) is 12.7 Å². The quantitative estimate of drug-likeness (QED) is 0.721. The van der Waals surface area contributed by atoms with Crippen LogP contribution in [0.2, 0.25) is 0 Å². The van der Waals surface area contributed by atoms with E-state index in [1.54, 1.807) is 0 Å². The first kappa shape index (κ1) is 11.2. The summed E-state index contributed by atoms with van der Waals surface area (Å²) in [6.07, 6.45) is 11.0. The lowest BCUT2D eigenvalue weighted by atomic mass is 9.78. The van der Waals surface area contributed by atoms with Crippen LogP contribution in [0.25, 0.3) is 0 Å². The number of ether oxygens (including phenoxy) is 1. The molecule has 1 N–H and O–H groups in total. The number of nitrogens with one attached hydrogen (secondary N) is 1. The second kappa shape index (κ2) is 5.13. The van der Waals surface area contributed by atoms with E-state index in [-0.39, 0.29) is 5.60 Å². The number of rotatable bonds is 3. The number of hydrogen-bond acceptors (Lipinski definition) is 2. The van der Waals surface area contributed by atoms with Crippen LogP contribution in [0, 0.1) is 0 Å². The lowest BCUT2D eigenvalue weighted by Gasteiger charge is -2.43. The highest BCUT2D eigenvalue weighted by Crippen LogP contribution is 2.38. The molecule has 2 nitrogen and oxygen atoms in total. The Morgan fingerprint density at radius 2 is 2.13 bits per heavy atom. The molecule has 15 heavy (non-hydrogen) atoms. The van der Waals surface area contributed by atoms with E-state index in [9.17, 15) is 0 Å². The van der Waals surface area contributed by atoms with Crippen LogP contribution in [0.1, 0.15) is 44.9 Å². The van der Waals surface area contributed by atoms with E-state index in [1.807, 2.05) is 6.08 Å². The van der Waals surface area contributed by atoms with Crippen molar-refractivity contribution in [2.75, 3.05) is 13.2 Å². The van der Waals surface area contributed by atoms with Crippen molar-refractivity contribution >= 4 is 0 Å². The topological polar surface area (TPSA) is 21.3 Å². The van der Waals surface area contributed by atoms with Crippen LogP contribution in [-0.4, -0.2) is 24.8 Å². The molecular weight excluding hydrogens is 186 g/mol. The van der Waals surface area contributed by atoms with Crippen LogP contribution >= 0.6 is 0 Å². The molecule has 2 rings (SSSR count). The maximum Gasteiger partial charge on any atom is 0.0697 e. The van der Waals surface area contributed by atoms with E-state index in [0.717, 1.165) is 19.6 Å². The zero-order chi connectivity index (χ0) is 10.6. The largest absolute Gasteiger partial charge is 0.375 e. The lowest BCUT2D eigenvalue weighted by Crippen LogP contribution is -2.48. The molecule has 2 fully saturated rings. The Morgan fingerprint density at radius 3 is 2.87 bits per heavy atom. The van der Waals surface area contributed by atoms with Gasteiger partial charge in [0, 0.05) is 19.2 Å². The van der Waals surface area contributed by atoms with E-state index in [2.05, 4.69) is 11.9 Å². The van der Waals surface area contributed by atoms with Crippen molar-refractivity contribution in [2.45, 2.75) is 56.6 Å². The van der Waals surface area contributed by atoms with E-state index in [1.165, 1.54) is 38.5 Å². The molecule has 0 aromatic rings. The Kier molecular flexibility index (Phi) is 3.81. The van der Waals surface area contributed by atoms with Crippen LogP contribution in [-0.2, 0) is 4.74 Å². The second-order valence-corrected chi connectivity index (χ2v) is 4.98. The highest BCUT2D eigenvalue weighted by atomic mass is 16.5. The van der Waals surface area contributed by atoms with Crippen molar-refractivity contribution in [1.82, 2.24) is 5.32 Å². The Morgan fingerprint density at radius 1 is 1.33 bits per heavy atom. The van der Waals surface area contributed by atoms with Crippen molar-refractivity contribution in [3.63, 3.8) is 0 Å². The molecule has 2 aliphatic rings. The Bertz CT molecular complexity index is 203. The summed E-state index contributed by atoms with van der Waals surface area (Å²) in [5.41, 5.74) is 0.231. The fraction of sp³-hybridized carbons (Fsp3) is 0.846. The first-order valence-corrected chi connectivity index (χ1v) is 6.33. The molecule has 86 valence electrons. The maximum atomic E-state index is 6.05. The Labute approximate surface area is 93.1 Å². The van der Waals surface area contributed by atoms with E-state index in [0.29, 0.717) is 6.04 Å². The molecule has 1 saturated carbocycles. The minimum atomic E-state index is 0.231. The number of hydrogen-bond donors (Lipinski definition) is 1. The smallest absolute Gasteiger partial charge is 0.0697 e. The molecule has 1 spiro atoms. The van der Waals surface area contributed by atoms with Crippen molar-refractivity contribution in [3.05, 3.63) is 12.7 Å². The monoisotopic (exact) mass is 209 g/mol. The fourth-order valence-electron chi connectivity index (χ4n) is 3.00. The van der Waals surface area contributed by atoms with Gasteiger partial charge in [0.25, 0.3) is 0 Å². The molecule has 0 amide bonds. The van der Waals surface area contributed by atoms with Gasteiger partial charge in [-0.1, -0.05) is 25.3 Å². The Hall–Kier alpha value is -0.340. The summed E-state index contributed by atoms with van der Waals surface area (Å²) in [4.78, 5) is 0. The first-order valence-electron chi connectivity index (χ1n) is 6.33. The third-order valence-corrected chi connectivity index (χ3v) is 3.81.